The number of hydrogen-bond acceptors (Lipinski definition) is 5. The summed E-state index contributed by atoms with van der Waals surface area (Å²) in [5, 5.41) is 6.93. The number of rotatable bonds is 1. The van der Waals surface area contributed by atoms with Crippen LogP contribution in [0.4, 0.5) is 0 Å². The van der Waals surface area contributed by atoms with Crippen molar-refractivity contribution in [3.8, 4) is 0 Å². The highest BCUT2D eigenvalue weighted by atomic mass is 16.2. The van der Waals surface area contributed by atoms with Crippen molar-refractivity contribution >= 4 is 17.6 Å². The molecule has 3 heterocycles. The van der Waals surface area contributed by atoms with E-state index in [1.807, 2.05) is 19.9 Å². The van der Waals surface area contributed by atoms with Gasteiger partial charge in [0.2, 0.25) is 11.7 Å². The zero-order valence-electron chi connectivity index (χ0n) is 12.1. The molecule has 2 aromatic rings. The van der Waals surface area contributed by atoms with Gasteiger partial charge in [-0.1, -0.05) is 0 Å². The molecule has 1 unspecified atom stereocenters. The number of aryl methyl sites for hydroxylation is 2. The van der Waals surface area contributed by atoms with Crippen LogP contribution in [0, 0.1) is 13.8 Å². The molecule has 21 heavy (non-hydrogen) atoms. The van der Waals surface area contributed by atoms with Gasteiger partial charge >= 0.3 is 0 Å². The normalized spacial score (nSPS) is 18.9. The second-order valence-corrected chi connectivity index (χ2v) is 5.15. The summed E-state index contributed by atoms with van der Waals surface area (Å²) in [6.45, 7) is 6.32. The van der Waals surface area contributed by atoms with E-state index in [2.05, 4.69) is 20.4 Å². The molecule has 0 radical (unpaired) electrons. The van der Waals surface area contributed by atoms with Crippen molar-refractivity contribution in [3.63, 3.8) is 0 Å². The van der Waals surface area contributed by atoms with Gasteiger partial charge in [-0.25, -0.2) is 9.50 Å². The van der Waals surface area contributed by atoms with E-state index in [9.17, 15) is 9.59 Å². The molecule has 110 valence electrons. The highest BCUT2D eigenvalue weighted by Crippen LogP contribution is 2.11. The first kappa shape index (κ1) is 13.5. The summed E-state index contributed by atoms with van der Waals surface area (Å²) in [5.74, 6) is -0.0499. The summed E-state index contributed by atoms with van der Waals surface area (Å²) in [5.41, 5.74) is 1.67. The standard InChI is InChI=1S/C13H16N6O2/c1-7-6-8(2)19-13(15-7)16-10(17-19)12(21)18-5-4-14-11(20)9(18)3/h6,9H,4-5H2,1-3H3,(H,14,20). The van der Waals surface area contributed by atoms with E-state index in [1.165, 1.54) is 9.42 Å². The molecule has 0 saturated carbocycles. The summed E-state index contributed by atoms with van der Waals surface area (Å²) < 4.78 is 1.54. The molecular weight excluding hydrogens is 272 g/mol. The Kier molecular flexibility index (Phi) is 3.08. The number of carbonyl (C=O) groups is 2. The van der Waals surface area contributed by atoms with Crippen molar-refractivity contribution < 1.29 is 9.59 Å². The second kappa shape index (κ2) is 4.80. The van der Waals surface area contributed by atoms with Crippen molar-refractivity contribution in [1.82, 2.24) is 29.8 Å². The topological polar surface area (TPSA) is 92.5 Å². The van der Waals surface area contributed by atoms with Crippen molar-refractivity contribution in [2.45, 2.75) is 26.8 Å². The number of nitrogens with zero attached hydrogens (tertiary/aromatic N) is 5. The van der Waals surface area contributed by atoms with Crippen LogP contribution in [0.15, 0.2) is 6.07 Å². The summed E-state index contributed by atoms with van der Waals surface area (Å²) in [6, 6.07) is 1.35. The highest BCUT2D eigenvalue weighted by Gasteiger charge is 2.32. The lowest BCUT2D eigenvalue weighted by atomic mass is 10.2. The van der Waals surface area contributed by atoms with Crippen molar-refractivity contribution in [1.29, 1.82) is 0 Å². The Morgan fingerprint density at radius 2 is 2.14 bits per heavy atom. The molecule has 1 aliphatic heterocycles. The molecule has 0 aromatic carbocycles. The lowest BCUT2D eigenvalue weighted by Gasteiger charge is -2.31. The quantitative estimate of drug-likeness (QED) is 0.778. The minimum atomic E-state index is -0.520. The first-order valence-electron chi connectivity index (χ1n) is 6.77. The van der Waals surface area contributed by atoms with E-state index in [0.29, 0.717) is 18.9 Å². The van der Waals surface area contributed by atoms with Gasteiger partial charge in [0.1, 0.15) is 6.04 Å². The summed E-state index contributed by atoms with van der Waals surface area (Å²) in [6.07, 6.45) is 0. The first-order valence-corrected chi connectivity index (χ1v) is 6.77. The zero-order chi connectivity index (χ0) is 15.1. The highest BCUT2D eigenvalue weighted by molar-refractivity contribution is 5.95. The maximum Gasteiger partial charge on any atom is 0.294 e. The van der Waals surface area contributed by atoms with Gasteiger partial charge in [0.15, 0.2) is 0 Å². The lowest BCUT2D eigenvalue weighted by Crippen LogP contribution is -2.56. The average Bonchev–Trinajstić information content (AvgIpc) is 2.85. The number of aromatic nitrogens is 4. The SMILES string of the molecule is Cc1cc(C)n2nc(C(=O)N3CCNC(=O)C3C)nc2n1. The monoisotopic (exact) mass is 288 g/mol. The number of hydrogen-bond donors (Lipinski definition) is 1. The predicted molar refractivity (Wildman–Crippen MR) is 73.8 cm³/mol. The Balaban J connectivity index is 1.98. The number of piperazine rings is 1. The Morgan fingerprint density at radius 1 is 1.38 bits per heavy atom. The largest absolute Gasteiger partial charge is 0.353 e. The number of nitrogens with one attached hydrogen (secondary N) is 1. The van der Waals surface area contributed by atoms with E-state index in [1.54, 1.807) is 6.92 Å². The van der Waals surface area contributed by atoms with Gasteiger partial charge in [-0.2, -0.15) is 4.98 Å². The maximum absolute atomic E-state index is 12.5. The van der Waals surface area contributed by atoms with Crippen LogP contribution in [0.25, 0.3) is 5.78 Å². The molecule has 1 atom stereocenters. The van der Waals surface area contributed by atoms with Gasteiger partial charge in [0, 0.05) is 24.5 Å². The molecule has 1 N–H and O–H groups in total. The van der Waals surface area contributed by atoms with Crippen LogP contribution in [-0.2, 0) is 4.79 Å². The second-order valence-electron chi connectivity index (χ2n) is 5.15. The molecule has 0 spiro atoms. The third kappa shape index (κ3) is 2.22. The lowest BCUT2D eigenvalue weighted by molar-refractivity contribution is -0.127. The van der Waals surface area contributed by atoms with Crippen molar-refractivity contribution in [2.75, 3.05) is 13.1 Å². The molecule has 1 fully saturated rings. The number of fused-ring (bicyclic) bond motifs is 1. The van der Waals surface area contributed by atoms with Crippen molar-refractivity contribution in [2.24, 2.45) is 0 Å². The molecular formula is C13H16N6O2. The van der Waals surface area contributed by atoms with Crippen LogP contribution < -0.4 is 5.32 Å². The molecule has 8 heteroatoms. The molecule has 1 saturated heterocycles. The molecule has 3 rings (SSSR count). The Labute approximate surface area is 121 Å². The van der Waals surface area contributed by atoms with Crippen LogP contribution in [0.3, 0.4) is 0 Å². The van der Waals surface area contributed by atoms with Gasteiger partial charge in [-0.15, -0.1) is 5.10 Å². The van der Waals surface area contributed by atoms with E-state index in [-0.39, 0.29) is 17.6 Å². The molecule has 2 amide bonds. The van der Waals surface area contributed by atoms with Crippen LogP contribution in [0.2, 0.25) is 0 Å². The van der Waals surface area contributed by atoms with Crippen molar-refractivity contribution in [3.05, 3.63) is 23.3 Å². The van der Waals surface area contributed by atoms with Gasteiger partial charge in [0.25, 0.3) is 11.7 Å². The minimum Gasteiger partial charge on any atom is -0.353 e. The minimum absolute atomic E-state index is 0.0674. The third-order valence-electron chi connectivity index (χ3n) is 3.57. The van der Waals surface area contributed by atoms with E-state index >= 15 is 0 Å². The third-order valence-corrected chi connectivity index (χ3v) is 3.57. The average molecular weight is 288 g/mol. The van der Waals surface area contributed by atoms with Crippen LogP contribution in [0.1, 0.15) is 28.9 Å². The van der Waals surface area contributed by atoms with Crippen LogP contribution in [-0.4, -0.2) is 55.4 Å². The fraction of sp³-hybridized carbons (Fsp3) is 0.462. The van der Waals surface area contributed by atoms with Crippen LogP contribution >= 0.6 is 0 Å². The fourth-order valence-electron chi connectivity index (χ4n) is 2.45. The smallest absolute Gasteiger partial charge is 0.294 e. The molecule has 8 nitrogen and oxygen atoms in total. The van der Waals surface area contributed by atoms with E-state index in [0.717, 1.165) is 11.4 Å². The summed E-state index contributed by atoms with van der Waals surface area (Å²) >= 11 is 0. The van der Waals surface area contributed by atoms with E-state index < -0.39 is 6.04 Å². The Hall–Kier alpha value is -2.51. The zero-order valence-corrected chi connectivity index (χ0v) is 12.1. The Bertz CT molecular complexity index is 738. The summed E-state index contributed by atoms with van der Waals surface area (Å²) in [7, 11) is 0. The first-order chi connectivity index (χ1) is 9.97. The molecule has 0 bridgehead atoms. The molecule has 2 aromatic heterocycles. The van der Waals surface area contributed by atoms with Crippen LogP contribution in [0.5, 0.6) is 0 Å². The fourth-order valence-corrected chi connectivity index (χ4v) is 2.45. The van der Waals surface area contributed by atoms with Gasteiger partial charge in [0.05, 0.1) is 0 Å². The van der Waals surface area contributed by atoms with Gasteiger partial charge in [-0.05, 0) is 26.8 Å². The molecule has 0 aliphatic carbocycles. The summed E-state index contributed by atoms with van der Waals surface area (Å²) in [4.78, 5) is 34.1. The van der Waals surface area contributed by atoms with Gasteiger partial charge < -0.3 is 10.2 Å². The Morgan fingerprint density at radius 3 is 2.90 bits per heavy atom. The molecule has 1 aliphatic rings. The number of carbonyl (C=O) groups excluding carboxylic acids is 2. The van der Waals surface area contributed by atoms with E-state index in [4.69, 9.17) is 0 Å². The number of amides is 2. The predicted octanol–water partition coefficient (Wildman–Crippen LogP) is -0.298. The van der Waals surface area contributed by atoms with Gasteiger partial charge in [-0.3, -0.25) is 9.59 Å². The maximum atomic E-state index is 12.5.